The van der Waals surface area contributed by atoms with Gasteiger partial charge in [0.15, 0.2) is 0 Å². The fourth-order valence-electron chi connectivity index (χ4n) is 0.993. The number of carbonyl (C=O) groups excluding carboxylic acids is 1. The number of aryl methyl sites for hydroxylation is 1. The van der Waals surface area contributed by atoms with Crippen LogP contribution < -0.4 is 10.9 Å². The molecule has 78 valence electrons. The lowest BCUT2D eigenvalue weighted by atomic mass is 10.2. The van der Waals surface area contributed by atoms with E-state index in [1.807, 2.05) is 6.92 Å². The zero-order chi connectivity index (χ0) is 11.3. The highest BCUT2D eigenvalue weighted by Gasteiger charge is 1.94. The van der Waals surface area contributed by atoms with Crippen LogP contribution in [0, 0.1) is 18.8 Å². The predicted octanol–water partition coefficient (Wildman–Crippen LogP) is 0.171. The smallest absolute Gasteiger partial charge is 0.263 e. The predicted molar refractivity (Wildman–Crippen MR) is 57.4 cm³/mol. The molecule has 1 aromatic rings. The molecule has 0 bridgehead atoms. The zero-order valence-corrected chi connectivity index (χ0v) is 8.68. The van der Waals surface area contributed by atoms with Gasteiger partial charge >= 0.3 is 0 Å². The van der Waals surface area contributed by atoms with Gasteiger partial charge in [-0.1, -0.05) is 11.8 Å². The Morgan fingerprint density at radius 2 is 2.33 bits per heavy atom. The number of H-pyrrole nitrogens is 1. The van der Waals surface area contributed by atoms with E-state index in [2.05, 4.69) is 22.1 Å². The molecule has 15 heavy (non-hydrogen) atoms. The van der Waals surface area contributed by atoms with Crippen LogP contribution >= 0.6 is 0 Å². The van der Waals surface area contributed by atoms with Crippen LogP contribution in [0.1, 0.15) is 18.1 Å². The van der Waals surface area contributed by atoms with Crippen LogP contribution in [0.3, 0.4) is 0 Å². The van der Waals surface area contributed by atoms with Gasteiger partial charge in [-0.25, -0.2) is 0 Å². The van der Waals surface area contributed by atoms with Gasteiger partial charge in [0, 0.05) is 13.1 Å². The quantitative estimate of drug-likeness (QED) is 0.640. The van der Waals surface area contributed by atoms with E-state index in [1.54, 1.807) is 12.3 Å². The molecule has 1 rings (SSSR count). The van der Waals surface area contributed by atoms with Crippen LogP contribution in [-0.2, 0) is 4.79 Å². The first-order valence-corrected chi connectivity index (χ1v) is 4.52. The van der Waals surface area contributed by atoms with Gasteiger partial charge in [-0.2, -0.15) is 0 Å². The standard InChI is InChI=1S/C11H12N2O2/c1-8-6-10(11(15)13-7-8)4-3-5-12-9(2)14/h6-7H,5H2,1-2H3,(H,12,14)(H,13,15). The molecule has 0 aliphatic heterocycles. The second kappa shape index (κ2) is 5.01. The molecule has 0 spiro atoms. The lowest BCUT2D eigenvalue weighted by molar-refractivity contribution is -0.118. The Bertz CT molecular complexity index is 477. The summed E-state index contributed by atoms with van der Waals surface area (Å²) >= 11 is 0. The SMILES string of the molecule is CC(=O)NCC#Cc1cc(C)c[nH]c1=O. The molecule has 0 radical (unpaired) electrons. The molecule has 0 aliphatic carbocycles. The Morgan fingerprint density at radius 3 is 3.00 bits per heavy atom. The van der Waals surface area contributed by atoms with Crippen molar-refractivity contribution in [2.24, 2.45) is 0 Å². The highest BCUT2D eigenvalue weighted by molar-refractivity contribution is 5.73. The summed E-state index contributed by atoms with van der Waals surface area (Å²) in [5.74, 6) is 5.26. The molecule has 4 heteroatoms. The Morgan fingerprint density at radius 1 is 1.60 bits per heavy atom. The van der Waals surface area contributed by atoms with Gasteiger partial charge in [0.2, 0.25) is 5.91 Å². The van der Waals surface area contributed by atoms with Crippen molar-refractivity contribution in [3.8, 4) is 11.8 Å². The topological polar surface area (TPSA) is 62.0 Å². The van der Waals surface area contributed by atoms with E-state index in [1.165, 1.54) is 6.92 Å². The first-order chi connectivity index (χ1) is 7.09. The number of amides is 1. The molecule has 0 saturated carbocycles. The monoisotopic (exact) mass is 204 g/mol. The Kier molecular flexibility index (Phi) is 3.69. The molecular formula is C11H12N2O2. The second-order valence-corrected chi connectivity index (χ2v) is 3.13. The third-order valence-electron chi connectivity index (χ3n) is 1.70. The van der Waals surface area contributed by atoms with Crippen molar-refractivity contribution in [2.75, 3.05) is 6.54 Å². The van der Waals surface area contributed by atoms with Crippen molar-refractivity contribution in [1.82, 2.24) is 10.3 Å². The molecule has 1 heterocycles. The Labute approximate surface area is 87.7 Å². The van der Waals surface area contributed by atoms with Gasteiger partial charge in [-0.15, -0.1) is 0 Å². The van der Waals surface area contributed by atoms with E-state index in [4.69, 9.17) is 0 Å². The van der Waals surface area contributed by atoms with E-state index in [0.717, 1.165) is 5.56 Å². The van der Waals surface area contributed by atoms with Crippen molar-refractivity contribution in [3.63, 3.8) is 0 Å². The number of aromatic amines is 1. The maximum atomic E-state index is 11.3. The maximum Gasteiger partial charge on any atom is 0.263 e. The number of nitrogens with one attached hydrogen (secondary N) is 2. The highest BCUT2D eigenvalue weighted by Crippen LogP contribution is 1.93. The van der Waals surface area contributed by atoms with Crippen LogP contribution in [-0.4, -0.2) is 17.4 Å². The first-order valence-electron chi connectivity index (χ1n) is 4.52. The maximum absolute atomic E-state index is 11.3. The van der Waals surface area contributed by atoms with E-state index < -0.39 is 0 Å². The largest absolute Gasteiger partial charge is 0.345 e. The summed E-state index contributed by atoms with van der Waals surface area (Å²) in [6, 6.07) is 1.71. The normalized spacial score (nSPS) is 8.93. The van der Waals surface area contributed by atoms with Crippen molar-refractivity contribution < 1.29 is 4.79 Å². The summed E-state index contributed by atoms with van der Waals surface area (Å²) in [7, 11) is 0. The van der Waals surface area contributed by atoms with Gasteiger partial charge in [-0.05, 0) is 18.6 Å². The van der Waals surface area contributed by atoms with Crippen molar-refractivity contribution >= 4 is 5.91 Å². The molecule has 0 unspecified atom stereocenters. The summed E-state index contributed by atoms with van der Waals surface area (Å²) in [6.07, 6.45) is 1.63. The van der Waals surface area contributed by atoms with E-state index in [9.17, 15) is 9.59 Å². The lowest BCUT2D eigenvalue weighted by Crippen LogP contribution is -2.19. The van der Waals surface area contributed by atoms with Crippen LogP contribution in [0.25, 0.3) is 0 Å². The minimum atomic E-state index is -0.212. The van der Waals surface area contributed by atoms with E-state index in [0.29, 0.717) is 5.56 Å². The minimum absolute atomic E-state index is 0.137. The van der Waals surface area contributed by atoms with Crippen LogP contribution in [0.15, 0.2) is 17.1 Å². The second-order valence-electron chi connectivity index (χ2n) is 3.13. The summed E-state index contributed by atoms with van der Waals surface area (Å²) in [4.78, 5) is 24.4. The lowest BCUT2D eigenvalue weighted by Gasteiger charge is -1.93. The molecule has 4 nitrogen and oxygen atoms in total. The van der Waals surface area contributed by atoms with E-state index >= 15 is 0 Å². The van der Waals surface area contributed by atoms with E-state index in [-0.39, 0.29) is 18.0 Å². The van der Waals surface area contributed by atoms with Gasteiger partial charge in [0.25, 0.3) is 5.56 Å². The first kappa shape index (κ1) is 11.1. The fraction of sp³-hybridized carbons (Fsp3) is 0.273. The number of pyridine rings is 1. The summed E-state index contributed by atoms with van der Waals surface area (Å²) in [5, 5.41) is 2.53. The summed E-state index contributed by atoms with van der Waals surface area (Å²) in [5.41, 5.74) is 1.15. The highest BCUT2D eigenvalue weighted by atomic mass is 16.1. The average Bonchev–Trinajstić information content (AvgIpc) is 2.17. The molecule has 0 aliphatic rings. The number of aromatic nitrogens is 1. The molecule has 1 aromatic heterocycles. The minimum Gasteiger partial charge on any atom is -0.345 e. The van der Waals surface area contributed by atoms with Crippen molar-refractivity contribution in [1.29, 1.82) is 0 Å². The molecule has 0 saturated heterocycles. The average molecular weight is 204 g/mol. The number of rotatable bonds is 1. The number of hydrogen-bond acceptors (Lipinski definition) is 2. The fourth-order valence-corrected chi connectivity index (χ4v) is 0.993. The molecular weight excluding hydrogens is 192 g/mol. The molecule has 1 amide bonds. The number of carbonyl (C=O) groups is 1. The third-order valence-corrected chi connectivity index (χ3v) is 1.70. The molecule has 0 aromatic carbocycles. The van der Waals surface area contributed by atoms with Gasteiger partial charge in [0.05, 0.1) is 12.1 Å². The Hall–Kier alpha value is -2.02. The van der Waals surface area contributed by atoms with Crippen LogP contribution in [0.5, 0.6) is 0 Å². The van der Waals surface area contributed by atoms with Crippen LogP contribution in [0.4, 0.5) is 0 Å². The molecule has 2 N–H and O–H groups in total. The summed E-state index contributed by atoms with van der Waals surface area (Å²) in [6.45, 7) is 3.54. The van der Waals surface area contributed by atoms with Gasteiger partial charge < -0.3 is 10.3 Å². The zero-order valence-electron chi connectivity index (χ0n) is 8.68. The van der Waals surface area contributed by atoms with Crippen LogP contribution in [0.2, 0.25) is 0 Å². The van der Waals surface area contributed by atoms with Crippen molar-refractivity contribution in [3.05, 3.63) is 33.7 Å². The van der Waals surface area contributed by atoms with Gasteiger partial charge in [-0.3, -0.25) is 9.59 Å². The van der Waals surface area contributed by atoms with Gasteiger partial charge in [0.1, 0.15) is 0 Å². The summed E-state index contributed by atoms with van der Waals surface area (Å²) < 4.78 is 0. The molecule has 0 atom stereocenters. The third kappa shape index (κ3) is 3.69. The Balaban J connectivity index is 2.75. The molecule has 0 fully saturated rings. The van der Waals surface area contributed by atoms with Crippen molar-refractivity contribution in [2.45, 2.75) is 13.8 Å². The number of hydrogen-bond donors (Lipinski definition) is 2.